The van der Waals surface area contributed by atoms with E-state index in [0.717, 1.165) is 6.42 Å². The number of nitrogens with zero attached hydrogens (tertiary/aromatic N) is 1. The molecular formula is C16H18FN3O3. The van der Waals surface area contributed by atoms with E-state index in [9.17, 15) is 14.0 Å². The van der Waals surface area contributed by atoms with E-state index in [-0.39, 0.29) is 11.9 Å². The Morgan fingerprint density at radius 2 is 2.22 bits per heavy atom. The summed E-state index contributed by atoms with van der Waals surface area (Å²) < 4.78 is 18.5. The van der Waals surface area contributed by atoms with Gasteiger partial charge in [0.05, 0.1) is 23.9 Å². The second-order valence-electron chi connectivity index (χ2n) is 5.55. The number of methoxy groups -OCH3 is 1. The van der Waals surface area contributed by atoms with Gasteiger partial charge >= 0.3 is 6.03 Å². The molecule has 2 aliphatic rings. The number of carbonyl (C=O) groups is 2. The molecule has 0 spiro atoms. The monoisotopic (exact) mass is 319 g/mol. The van der Waals surface area contributed by atoms with Gasteiger partial charge < -0.3 is 20.3 Å². The van der Waals surface area contributed by atoms with Gasteiger partial charge in [-0.05, 0) is 24.1 Å². The molecule has 2 aliphatic heterocycles. The lowest BCUT2D eigenvalue weighted by molar-refractivity contribution is -0.125. The molecule has 0 saturated carbocycles. The van der Waals surface area contributed by atoms with Crippen molar-refractivity contribution >= 4 is 11.9 Å². The van der Waals surface area contributed by atoms with Crippen LogP contribution in [0.15, 0.2) is 35.5 Å². The molecule has 3 amide bonds. The lowest BCUT2D eigenvalue weighted by Gasteiger charge is -2.25. The van der Waals surface area contributed by atoms with Crippen LogP contribution in [0.1, 0.15) is 18.0 Å². The lowest BCUT2D eigenvalue weighted by atomic mass is 9.96. The van der Waals surface area contributed by atoms with Crippen LogP contribution in [0.4, 0.5) is 9.18 Å². The molecule has 122 valence electrons. The Bertz CT molecular complexity index is 674. The first-order valence-corrected chi connectivity index (χ1v) is 7.44. The maximum absolute atomic E-state index is 13.5. The Morgan fingerprint density at radius 3 is 2.96 bits per heavy atom. The highest BCUT2D eigenvalue weighted by molar-refractivity contribution is 6.01. The summed E-state index contributed by atoms with van der Waals surface area (Å²) in [7, 11) is 1.61. The first-order valence-electron chi connectivity index (χ1n) is 7.44. The summed E-state index contributed by atoms with van der Waals surface area (Å²) in [4.78, 5) is 26.2. The van der Waals surface area contributed by atoms with E-state index in [1.807, 2.05) is 0 Å². The molecule has 2 heterocycles. The van der Waals surface area contributed by atoms with Crippen LogP contribution >= 0.6 is 0 Å². The molecule has 1 atom stereocenters. The molecule has 1 aromatic rings. The molecule has 23 heavy (non-hydrogen) atoms. The van der Waals surface area contributed by atoms with Crippen LogP contribution in [-0.2, 0) is 9.53 Å². The first-order chi connectivity index (χ1) is 11.1. The maximum atomic E-state index is 13.5. The number of hydrogen-bond donors (Lipinski definition) is 2. The molecular weight excluding hydrogens is 301 g/mol. The minimum absolute atomic E-state index is 0.141. The van der Waals surface area contributed by atoms with Crippen molar-refractivity contribution in [3.63, 3.8) is 0 Å². The zero-order chi connectivity index (χ0) is 16.4. The van der Waals surface area contributed by atoms with E-state index < -0.39 is 11.9 Å². The van der Waals surface area contributed by atoms with Crippen molar-refractivity contribution in [2.75, 3.05) is 26.8 Å². The van der Waals surface area contributed by atoms with Gasteiger partial charge in [-0.15, -0.1) is 0 Å². The molecule has 0 aromatic heterocycles. The van der Waals surface area contributed by atoms with Crippen molar-refractivity contribution < 1.29 is 18.7 Å². The number of rotatable bonds is 5. The van der Waals surface area contributed by atoms with Crippen molar-refractivity contribution in [1.82, 2.24) is 15.5 Å². The first kappa shape index (κ1) is 15.5. The quantitative estimate of drug-likeness (QED) is 0.804. The van der Waals surface area contributed by atoms with E-state index in [1.54, 1.807) is 24.1 Å². The van der Waals surface area contributed by atoms with Gasteiger partial charge in [0.1, 0.15) is 5.82 Å². The third kappa shape index (κ3) is 3.05. The van der Waals surface area contributed by atoms with Crippen LogP contribution in [0.25, 0.3) is 0 Å². The van der Waals surface area contributed by atoms with E-state index in [0.29, 0.717) is 36.5 Å². The molecule has 0 unspecified atom stereocenters. The van der Waals surface area contributed by atoms with Gasteiger partial charge in [-0.25, -0.2) is 9.18 Å². The number of benzene rings is 1. The molecule has 0 fully saturated rings. The topological polar surface area (TPSA) is 70.7 Å². The summed E-state index contributed by atoms with van der Waals surface area (Å²) in [5.41, 5.74) is 1.62. The summed E-state index contributed by atoms with van der Waals surface area (Å²) >= 11 is 0. The van der Waals surface area contributed by atoms with Gasteiger partial charge in [0.25, 0.3) is 5.91 Å². The van der Waals surface area contributed by atoms with Gasteiger partial charge in [0, 0.05) is 20.3 Å². The summed E-state index contributed by atoms with van der Waals surface area (Å²) in [5.74, 6) is -0.544. The average molecular weight is 319 g/mol. The van der Waals surface area contributed by atoms with Crippen molar-refractivity contribution in [2.24, 2.45) is 0 Å². The SMILES string of the molecule is COCCCN1CC2=C(C1=O)[C@@H](c1cccc(F)c1)NC(=O)N2. The van der Waals surface area contributed by atoms with Gasteiger partial charge in [-0.3, -0.25) is 4.79 Å². The largest absolute Gasteiger partial charge is 0.385 e. The van der Waals surface area contributed by atoms with Crippen molar-refractivity contribution in [3.05, 3.63) is 46.9 Å². The van der Waals surface area contributed by atoms with Crippen molar-refractivity contribution in [1.29, 1.82) is 0 Å². The van der Waals surface area contributed by atoms with Crippen LogP contribution in [-0.4, -0.2) is 43.6 Å². The number of carbonyl (C=O) groups excluding carboxylic acids is 2. The van der Waals surface area contributed by atoms with Crippen molar-refractivity contribution in [2.45, 2.75) is 12.5 Å². The molecule has 1 aromatic carbocycles. The summed E-state index contributed by atoms with van der Waals surface area (Å²) in [6, 6.07) is 4.91. The number of amides is 3. The predicted molar refractivity (Wildman–Crippen MR) is 80.9 cm³/mol. The highest BCUT2D eigenvalue weighted by atomic mass is 19.1. The van der Waals surface area contributed by atoms with Crippen LogP contribution < -0.4 is 10.6 Å². The molecule has 0 radical (unpaired) electrons. The summed E-state index contributed by atoms with van der Waals surface area (Å²) in [6.45, 7) is 1.47. The number of ether oxygens (including phenoxy) is 1. The Kier molecular flexibility index (Phi) is 4.29. The van der Waals surface area contributed by atoms with E-state index in [1.165, 1.54) is 12.1 Å². The fourth-order valence-corrected chi connectivity index (χ4v) is 2.94. The predicted octanol–water partition coefficient (Wildman–Crippen LogP) is 1.31. The van der Waals surface area contributed by atoms with Crippen LogP contribution in [0, 0.1) is 5.82 Å². The highest BCUT2D eigenvalue weighted by Gasteiger charge is 2.40. The van der Waals surface area contributed by atoms with Gasteiger partial charge in [0.15, 0.2) is 0 Å². The highest BCUT2D eigenvalue weighted by Crippen LogP contribution is 2.32. The fourth-order valence-electron chi connectivity index (χ4n) is 2.94. The standard InChI is InChI=1S/C16H18FN3O3/c1-23-7-3-6-20-9-12-13(15(20)21)14(19-16(22)18-12)10-4-2-5-11(17)8-10/h2,4-5,8,14H,3,6-7,9H2,1H3,(H2,18,19,22)/t14-/m1/s1. The van der Waals surface area contributed by atoms with Gasteiger partial charge in [-0.2, -0.15) is 0 Å². The Morgan fingerprint density at radius 1 is 1.39 bits per heavy atom. The van der Waals surface area contributed by atoms with Gasteiger partial charge in [-0.1, -0.05) is 12.1 Å². The van der Waals surface area contributed by atoms with E-state index >= 15 is 0 Å². The number of halogens is 1. The fraction of sp³-hybridized carbons (Fsp3) is 0.375. The minimum Gasteiger partial charge on any atom is -0.385 e. The normalized spacial score (nSPS) is 20.4. The Balaban J connectivity index is 1.86. The molecule has 2 N–H and O–H groups in total. The molecule has 0 aliphatic carbocycles. The minimum atomic E-state index is -0.630. The van der Waals surface area contributed by atoms with Crippen LogP contribution in [0.3, 0.4) is 0 Å². The third-order valence-corrected chi connectivity index (χ3v) is 3.98. The van der Waals surface area contributed by atoms with Gasteiger partial charge in [0.2, 0.25) is 0 Å². The molecule has 3 rings (SSSR count). The van der Waals surface area contributed by atoms with E-state index in [2.05, 4.69) is 10.6 Å². The van der Waals surface area contributed by atoms with Crippen LogP contribution in [0.2, 0.25) is 0 Å². The second kappa shape index (κ2) is 6.37. The number of nitrogens with one attached hydrogen (secondary N) is 2. The summed E-state index contributed by atoms with van der Waals surface area (Å²) in [5, 5.41) is 5.39. The Labute approximate surface area is 133 Å². The zero-order valence-electron chi connectivity index (χ0n) is 12.8. The van der Waals surface area contributed by atoms with Crippen LogP contribution in [0.5, 0.6) is 0 Å². The van der Waals surface area contributed by atoms with Crippen molar-refractivity contribution in [3.8, 4) is 0 Å². The Hall–Kier alpha value is -2.41. The molecule has 0 saturated heterocycles. The summed E-state index contributed by atoms with van der Waals surface area (Å²) in [6.07, 6.45) is 0.717. The lowest BCUT2D eigenvalue weighted by Crippen LogP contribution is -2.44. The maximum Gasteiger partial charge on any atom is 0.319 e. The second-order valence-corrected chi connectivity index (χ2v) is 5.55. The molecule has 6 nitrogen and oxygen atoms in total. The number of hydrogen-bond acceptors (Lipinski definition) is 3. The number of urea groups is 1. The molecule has 0 bridgehead atoms. The average Bonchev–Trinajstić information content (AvgIpc) is 2.83. The molecule has 7 heteroatoms. The van der Waals surface area contributed by atoms with E-state index in [4.69, 9.17) is 4.74 Å². The third-order valence-electron chi connectivity index (χ3n) is 3.98. The zero-order valence-corrected chi connectivity index (χ0v) is 12.8. The smallest absolute Gasteiger partial charge is 0.319 e.